The van der Waals surface area contributed by atoms with Gasteiger partial charge in [-0.2, -0.15) is 0 Å². The first-order valence-electron chi connectivity index (χ1n) is 9.32. The van der Waals surface area contributed by atoms with Crippen molar-refractivity contribution in [2.24, 2.45) is 5.92 Å². The van der Waals surface area contributed by atoms with Gasteiger partial charge in [-0.05, 0) is 49.3 Å². The molecule has 0 aliphatic heterocycles. The number of nitrogens with zero attached hydrogens (tertiary/aromatic N) is 1. The summed E-state index contributed by atoms with van der Waals surface area (Å²) in [4.78, 5) is 26.9. The van der Waals surface area contributed by atoms with Gasteiger partial charge in [0.1, 0.15) is 11.8 Å². The lowest BCUT2D eigenvalue weighted by atomic mass is 9.99. The molecule has 5 heteroatoms. The van der Waals surface area contributed by atoms with E-state index in [2.05, 4.69) is 11.4 Å². The fraction of sp³-hybridized carbons (Fsp3) is 0.524. The zero-order valence-corrected chi connectivity index (χ0v) is 16.2. The SMILES string of the molecule is COc1ccc(CN(C(C)=O)C(C(=O)NC2=CCCCC2)C(C)C)cc1. The highest BCUT2D eigenvalue weighted by atomic mass is 16.5. The van der Waals surface area contributed by atoms with Gasteiger partial charge in [0.05, 0.1) is 7.11 Å². The zero-order chi connectivity index (χ0) is 19.1. The fourth-order valence-corrected chi connectivity index (χ4v) is 3.32. The number of rotatable bonds is 7. The van der Waals surface area contributed by atoms with Crippen LogP contribution in [0.2, 0.25) is 0 Å². The molecule has 0 bridgehead atoms. The third-order valence-corrected chi connectivity index (χ3v) is 4.73. The van der Waals surface area contributed by atoms with Gasteiger partial charge in [0, 0.05) is 19.2 Å². The molecule has 0 spiro atoms. The summed E-state index contributed by atoms with van der Waals surface area (Å²) < 4.78 is 5.18. The average Bonchev–Trinajstić information content (AvgIpc) is 2.62. The second-order valence-corrected chi connectivity index (χ2v) is 7.15. The van der Waals surface area contributed by atoms with Crippen LogP contribution >= 0.6 is 0 Å². The largest absolute Gasteiger partial charge is 0.497 e. The van der Waals surface area contributed by atoms with E-state index < -0.39 is 6.04 Å². The minimum absolute atomic E-state index is 0.0151. The number of hydrogen-bond donors (Lipinski definition) is 1. The Labute approximate surface area is 156 Å². The Hall–Kier alpha value is -2.30. The number of ether oxygens (including phenoxy) is 1. The summed E-state index contributed by atoms with van der Waals surface area (Å²) in [5.74, 6) is 0.580. The molecule has 2 rings (SSSR count). The van der Waals surface area contributed by atoms with Gasteiger partial charge in [-0.25, -0.2) is 0 Å². The van der Waals surface area contributed by atoms with Crippen LogP contribution in [0.4, 0.5) is 0 Å². The van der Waals surface area contributed by atoms with Crippen LogP contribution in [0.5, 0.6) is 5.75 Å². The Morgan fingerprint density at radius 1 is 1.19 bits per heavy atom. The molecule has 0 radical (unpaired) electrons. The second-order valence-electron chi connectivity index (χ2n) is 7.15. The predicted octanol–water partition coefficient (Wildman–Crippen LogP) is 3.64. The van der Waals surface area contributed by atoms with E-state index in [4.69, 9.17) is 4.74 Å². The van der Waals surface area contributed by atoms with Crippen molar-refractivity contribution in [1.82, 2.24) is 10.2 Å². The van der Waals surface area contributed by atoms with Gasteiger partial charge in [0.25, 0.3) is 0 Å². The standard InChI is InChI=1S/C21H30N2O3/c1-15(2)20(21(25)22-18-8-6-5-7-9-18)23(16(3)24)14-17-10-12-19(26-4)13-11-17/h8,10-13,15,20H,5-7,9,14H2,1-4H3,(H,22,25). The van der Waals surface area contributed by atoms with Crippen LogP contribution in [-0.2, 0) is 16.1 Å². The molecular formula is C21H30N2O3. The van der Waals surface area contributed by atoms with Crippen LogP contribution in [0, 0.1) is 5.92 Å². The van der Waals surface area contributed by atoms with E-state index in [0.29, 0.717) is 6.54 Å². The Morgan fingerprint density at radius 3 is 2.38 bits per heavy atom. The number of benzene rings is 1. The number of hydrogen-bond acceptors (Lipinski definition) is 3. The molecular weight excluding hydrogens is 328 g/mol. The number of carbonyl (C=O) groups excluding carboxylic acids is 2. The molecule has 1 aromatic carbocycles. The Kier molecular flexibility index (Phi) is 7.25. The highest BCUT2D eigenvalue weighted by Crippen LogP contribution is 2.20. The van der Waals surface area contributed by atoms with Crippen molar-refractivity contribution in [3.05, 3.63) is 41.6 Å². The first-order valence-corrected chi connectivity index (χ1v) is 9.32. The predicted molar refractivity (Wildman–Crippen MR) is 103 cm³/mol. The van der Waals surface area contributed by atoms with E-state index in [0.717, 1.165) is 36.3 Å². The molecule has 0 saturated carbocycles. The summed E-state index contributed by atoms with van der Waals surface area (Å²) in [6, 6.07) is 7.08. The van der Waals surface area contributed by atoms with E-state index in [-0.39, 0.29) is 17.7 Å². The maximum atomic E-state index is 12.9. The van der Waals surface area contributed by atoms with Crippen molar-refractivity contribution in [3.8, 4) is 5.75 Å². The minimum Gasteiger partial charge on any atom is -0.497 e. The second kappa shape index (κ2) is 9.41. The molecule has 0 saturated heterocycles. The molecule has 0 heterocycles. The van der Waals surface area contributed by atoms with Crippen LogP contribution in [-0.4, -0.2) is 29.9 Å². The lowest BCUT2D eigenvalue weighted by molar-refractivity contribution is -0.141. The van der Waals surface area contributed by atoms with Crippen LogP contribution in [0.3, 0.4) is 0 Å². The molecule has 5 nitrogen and oxygen atoms in total. The third-order valence-electron chi connectivity index (χ3n) is 4.73. The summed E-state index contributed by atoms with van der Waals surface area (Å²) in [5.41, 5.74) is 1.95. The number of carbonyl (C=O) groups is 2. The summed E-state index contributed by atoms with van der Waals surface area (Å²) in [6.07, 6.45) is 6.27. The molecule has 26 heavy (non-hydrogen) atoms. The van der Waals surface area contributed by atoms with Crippen molar-refractivity contribution >= 4 is 11.8 Å². The molecule has 1 aliphatic carbocycles. The highest BCUT2D eigenvalue weighted by molar-refractivity contribution is 5.88. The van der Waals surface area contributed by atoms with E-state index in [1.807, 2.05) is 38.1 Å². The van der Waals surface area contributed by atoms with E-state index >= 15 is 0 Å². The normalized spacial score (nSPS) is 15.2. The van der Waals surface area contributed by atoms with Crippen molar-refractivity contribution in [3.63, 3.8) is 0 Å². The summed E-state index contributed by atoms with van der Waals surface area (Å²) >= 11 is 0. The third kappa shape index (κ3) is 5.35. The molecule has 1 atom stereocenters. The van der Waals surface area contributed by atoms with Gasteiger partial charge in [-0.3, -0.25) is 9.59 Å². The van der Waals surface area contributed by atoms with E-state index in [1.54, 1.807) is 12.0 Å². The van der Waals surface area contributed by atoms with Gasteiger partial charge in [-0.15, -0.1) is 0 Å². The quantitative estimate of drug-likeness (QED) is 0.809. The molecule has 142 valence electrons. The molecule has 0 aromatic heterocycles. The van der Waals surface area contributed by atoms with Crippen molar-refractivity contribution in [2.45, 2.75) is 59.0 Å². The Balaban J connectivity index is 2.17. The fourth-order valence-electron chi connectivity index (χ4n) is 3.32. The first-order chi connectivity index (χ1) is 12.4. The lowest BCUT2D eigenvalue weighted by Gasteiger charge is -2.33. The Bertz CT molecular complexity index is 650. The number of nitrogens with one attached hydrogen (secondary N) is 1. The maximum Gasteiger partial charge on any atom is 0.247 e. The van der Waals surface area contributed by atoms with Crippen LogP contribution in [0.15, 0.2) is 36.0 Å². The van der Waals surface area contributed by atoms with Crippen LogP contribution in [0.25, 0.3) is 0 Å². The molecule has 1 aliphatic rings. The molecule has 1 N–H and O–H groups in total. The number of amides is 2. The zero-order valence-electron chi connectivity index (χ0n) is 16.2. The molecule has 0 fully saturated rings. The smallest absolute Gasteiger partial charge is 0.247 e. The summed E-state index contributed by atoms with van der Waals surface area (Å²) in [5, 5.41) is 3.05. The van der Waals surface area contributed by atoms with Gasteiger partial charge < -0.3 is 15.0 Å². The molecule has 2 amide bonds. The summed E-state index contributed by atoms with van der Waals surface area (Å²) in [6.45, 7) is 5.87. The minimum atomic E-state index is -0.502. The van der Waals surface area contributed by atoms with E-state index in [9.17, 15) is 9.59 Å². The van der Waals surface area contributed by atoms with Gasteiger partial charge in [0.2, 0.25) is 11.8 Å². The lowest BCUT2D eigenvalue weighted by Crippen LogP contribution is -2.51. The maximum absolute atomic E-state index is 12.9. The van der Waals surface area contributed by atoms with Crippen LogP contribution in [0.1, 0.15) is 52.0 Å². The highest BCUT2D eigenvalue weighted by Gasteiger charge is 2.31. The Morgan fingerprint density at radius 2 is 1.88 bits per heavy atom. The van der Waals surface area contributed by atoms with Gasteiger partial charge in [-0.1, -0.05) is 32.1 Å². The summed E-state index contributed by atoms with van der Waals surface area (Å²) in [7, 11) is 1.62. The molecule has 1 unspecified atom stereocenters. The van der Waals surface area contributed by atoms with Crippen LogP contribution < -0.4 is 10.1 Å². The average molecular weight is 358 g/mol. The van der Waals surface area contributed by atoms with E-state index in [1.165, 1.54) is 13.3 Å². The van der Waals surface area contributed by atoms with Crippen molar-refractivity contribution < 1.29 is 14.3 Å². The first kappa shape index (κ1) is 20.0. The van der Waals surface area contributed by atoms with Crippen molar-refractivity contribution in [1.29, 1.82) is 0 Å². The molecule has 1 aromatic rings. The number of allylic oxidation sites excluding steroid dienone is 2. The van der Waals surface area contributed by atoms with Crippen molar-refractivity contribution in [2.75, 3.05) is 7.11 Å². The van der Waals surface area contributed by atoms with Gasteiger partial charge >= 0.3 is 0 Å². The monoisotopic (exact) mass is 358 g/mol. The van der Waals surface area contributed by atoms with Gasteiger partial charge in [0.15, 0.2) is 0 Å². The number of methoxy groups -OCH3 is 1. The topological polar surface area (TPSA) is 58.6 Å².